The minimum atomic E-state index is -1.73. The summed E-state index contributed by atoms with van der Waals surface area (Å²) in [7, 11) is 0. The molecule has 8 nitrogen and oxygen atoms in total. The number of ether oxygens (including phenoxy) is 1. The molecule has 0 aliphatic carbocycles. The molecule has 12 heteroatoms. The number of carbonyl (C=O) groups is 1. The zero-order chi connectivity index (χ0) is 24.2. The van der Waals surface area contributed by atoms with Crippen LogP contribution in [0, 0.1) is 11.6 Å². The van der Waals surface area contributed by atoms with E-state index in [1.165, 1.54) is 19.9 Å². The number of amides is 1. The van der Waals surface area contributed by atoms with Crippen molar-refractivity contribution in [2.75, 3.05) is 30.4 Å². The fourth-order valence-corrected chi connectivity index (χ4v) is 3.04. The Morgan fingerprint density at radius 3 is 2.73 bits per heavy atom. The van der Waals surface area contributed by atoms with E-state index in [0.717, 1.165) is 12.4 Å². The minimum absolute atomic E-state index is 0.0188. The molecular formula is C21H25F4N5O3. The minimum Gasteiger partial charge on any atom is -0.387 e. The van der Waals surface area contributed by atoms with Crippen LogP contribution in [0.5, 0.6) is 0 Å². The second-order valence-electron chi connectivity index (χ2n) is 8.19. The standard InChI is InChI=1S/C21H25F4N5O3/c1-21(2,32)17(25)9-28-20(31)12-8-26-18(30-19-13(23)5-11(22)7-27-19)6-16(12)29-15-3-4-33-10-14(15)24/h5-8,14-15,17,32H,3-4,9-10H2,1-2H3,(H,28,31)(H2,26,27,29,30)/t14?,15?,17-/m1/s1. The first-order valence-electron chi connectivity index (χ1n) is 10.3. The average Bonchev–Trinajstić information content (AvgIpc) is 2.75. The van der Waals surface area contributed by atoms with Gasteiger partial charge in [0.1, 0.15) is 24.0 Å². The molecule has 180 valence electrons. The molecule has 0 bridgehead atoms. The first kappa shape index (κ1) is 24.6. The number of aliphatic hydroxyl groups is 1. The second kappa shape index (κ2) is 10.3. The van der Waals surface area contributed by atoms with Crippen molar-refractivity contribution in [3.05, 3.63) is 41.7 Å². The highest BCUT2D eigenvalue weighted by molar-refractivity contribution is 5.99. The van der Waals surface area contributed by atoms with Crippen LogP contribution in [0.4, 0.5) is 34.9 Å². The molecule has 0 radical (unpaired) electrons. The SMILES string of the molecule is CC(C)(O)[C@H](F)CNC(=O)c1cnc(Nc2ncc(F)cc2F)cc1NC1CCOCC1F. The molecule has 4 N–H and O–H groups in total. The Hall–Kier alpha value is -2.99. The molecule has 3 rings (SSSR count). The van der Waals surface area contributed by atoms with Crippen LogP contribution < -0.4 is 16.0 Å². The lowest BCUT2D eigenvalue weighted by Gasteiger charge is -2.28. The van der Waals surface area contributed by atoms with Gasteiger partial charge in [0.05, 0.1) is 42.2 Å². The van der Waals surface area contributed by atoms with Crippen molar-refractivity contribution in [1.29, 1.82) is 0 Å². The molecule has 1 aliphatic rings. The number of nitrogens with zero attached hydrogens (tertiary/aromatic N) is 2. The van der Waals surface area contributed by atoms with Gasteiger partial charge in [0.15, 0.2) is 11.6 Å². The van der Waals surface area contributed by atoms with Crippen LogP contribution in [-0.4, -0.2) is 64.7 Å². The lowest BCUT2D eigenvalue weighted by Crippen LogP contribution is -2.42. The van der Waals surface area contributed by atoms with Gasteiger partial charge in [0.2, 0.25) is 0 Å². The van der Waals surface area contributed by atoms with Crippen LogP contribution in [0.2, 0.25) is 0 Å². The number of aromatic nitrogens is 2. The Balaban J connectivity index is 1.85. The van der Waals surface area contributed by atoms with Crippen LogP contribution >= 0.6 is 0 Å². The number of anilines is 3. The summed E-state index contributed by atoms with van der Waals surface area (Å²) in [6.07, 6.45) is -0.790. The lowest BCUT2D eigenvalue weighted by atomic mass is 10.0. The van der Waals surface area contributed by atoms with Gasteiger partial charge in [-0.05, 0) is 20.3 Å². The molecule has 2 aromatic rings. The van der Waals surface area contributed by atoms with E-state index in [0.29, 0.717) is 19.1 Å². The normalized spacial score (nSPS) is 19.6. The van der Waals surface area contributed by atoms with E-state index in [1.807, 2.05) is 0 Å². The van der Waals surface area contributed by atoms with Crippen molar-refractivity contribution >= 4 is 23.2 Å². The van der Waals surface area contributed by atoms with Crippen molar-refractivity contribution in [3.63, 3.8) is 0 Å². The Morgan fingerprint density at radius 1 is 1.30 bits per heavy atom. The summed E-state index contributed by atoms with van der Waals surface area (Å²) in [5.74, 6) is -2.77. The van der Waals surface area contributed by atoms with E-state index in [2.05, 4.69) is 25.9 Å². The van der Waals surface area contributed by atoms with E-state index in [9.17, 15) is 27.5 Å². The average molecular weight is 471 g/mol. The van der Waals surface area contributed by atoms with Crippen molar-refractivity contribution in [3.8, 4) is 0 Å². The fourth-order valence-electron chi connectivity index (χ4n) is 3.04. The van der Waals surface area contributed by atoms with Crippen LogP contribution in [0.25, 0.3) is 0 Å². The van der Waals surface area contributed by atoms with Crippen LogP contribution in [-0.2, 0) is 4.74 Å². The molecule has 0 aromatic carbocycles. The maximum absolute atomic E-state index is 14.3. The van der Waals surface area contributed by atoms with Gasteiger partial charge in [-0.1, -0.05) is 0 Å². The molecule has 1 saturated heterocycles. The highest BCUT2D eigenvalue weighted by Crippen LogP contribution is 2.26. The number of hydrogen-bond acceptors (Lipinski definition) is 7. The molecule has 0 saturated carbocycles. The number of carbonyl (C=O) groups excluding carboxylic acids is 1. The Bertz CT molecular complexity index is 989. The third-order valence-electron chi connectivity index (χ3n) is 5.04. The number of rotatable bonds is 8. The van der Waals surface area contributed by atoms with Crippen molar-refractivity contribution in [1.82, 2.24) is 15.3 Å². The van der Waals surface area contributed by atoms with Gasteiger partial charge in [-0.2, -0.15) is 0 Å². The highest BCUT2D eigenvalue weighted by atomic mass is 19.1. The summed E-state index contributed by atoms with van der Waals surface area (Å²) in [6.45, 7) is 2.28. The predicted molar refractivity (Wildman–Crippen MR) is 113 cm³/mol. The molecule has 1 fully saturated rings. The summed E-state index contributed by atoms with van der Waals surface area (Å²) >= 11 is 0. The molecule has 2 aromatic heterocycles. The first-order valence-corrected chi connectivity index (χ1v) is 10.3. The van der Waals surface area contributed by atoms with Gasteiger partial charge in [0, 0.05) is 24.9 Å². The van der Waals surface area contributed by atoms with Gasteiger partial charge in [-0.3, -0.25) is 4.79 Å². The van der Waals surface area contributed by atoms with E-state index in [1.54, 1.807) is 0 Å². The molecule has 1 amide bonds. The summed E-state index contributed by atoms with van der Waals surface area (Å²) in [4.78, 5) is 20.3. The summed E-state index contributed by atoms with van der Waals surface area (Å²) in [5, 5.41) is 17.6. The third kappa shape index (κ3) is 6.51. The number of hydrogen-bond donors (Lipinski definition) is 4. The predicted octanol–water partition coefficient (Wildman–Crippen LogP) is 2.88. The zero-order valence-electron chi connectivity index (χ0n) is 18.0. The monoisotopic (exact) mass is 471 g/mol. The summed E-state index contributed by atoms with van der Waals surface area (Å²) < 4.78 is 60.5. The van der Waals surface area contributed by atoms with Crippen LogP contribution in [0.1, 0.15) is 30.6 Å². The van der Waals surface area contributed by atoms with Crippen molar-refractivity contribution in [2.24, 2.45) is 0 Å². The van der Waals surface area contributed by atoms with Gasteiger partial charge >= 0.3 is 0 Å². The summed E-state index contributed by atoms with van der Waals surface area (Å²) in [5.41, 5.74) is -1.52. The van der Waals surface area contributed by atoms with E-state index >= 15 is 0 Å². The Labute approximate surface area is 187 Å². The molecule has 33 heavy (non-hydrogen) atoms. The van der Waals surface area contributed by atoms with Gasteiger partial charge in [-0.25, -0.2) is 27.5 Å². The molecule has 1 aliphatic heterocycles. The smallest absolute Gasteiger partial charge is 0.255 e. The fraction of sp³-hybridized carbons (Fsp3) is 0.476. The van der Waals surface area contributed by atoms with E-state index in [-0.39, 0.29) is 29.5 Å². The maximum Gasteiger partial charge on any atom is 0.255 e. The van der Waals surface area contributed by atoms with Crippen LogP contribution in [0.15, 0.2) is 24.5 Å². The van der Waals surface area contributed by atoms with E-state index < -0.39 is 48.1 Å². The second-order valence-corrected chi connectivity index (χ2v) is 8.19. The molecule has 0 spiro atoms. The molecule has 3 heterocycles. The van der Waals surface area contributed by atoms with Crippen molar-refractivity contribution < 1.29 is 32.2 Å². The zero-order valence-corrected chi connectivity index (χ0v) is 18.0. The third-order valence-corrected chi connectivity index (χ3v) is 5.04. The highest BCUT2D eigenvalue weighted by Gasteiger charge is 2.29. The summed E-state index contributed by atoms with van der Waals surface area (Å²) in [6, 6.07) is 1.30. The topological polar surface area (TPSA) is 108 Å². The number of nitrogens with one attached hydrogen (secondary N) is 3. The Kier molecular flexibility index (Phi) is 7.69. The largest absolute Gasteiger partial charge is 0.387 e. The lowest BCUT2D eigenvalue weighted by molar-refractivity contribution is -0.00177. The maximum atomic E-state index is 14.3. The van der Waals surface area contributed by atoms with Crippen molar-refractivity contribution in [2.45, 2.75) is 44.3 Å². The van der Waals surface area contributed by atoms with Crippen LogP contribution in [0.3, 0.4) is 0 Å². The van der Waals surface area contributed by atoms with Gasteiger partial charge in [-0.15, -0.1) is 0 Å². The number of halogens is 4. The number of alkyl halides is 2. The van der Waals surface area contributed by atoms with Gasteiger partial charge in [0.25, 0.3) is 5.91 Å². The molecular weight excluding hydrogens is 446 g/mol. The first-order chi connectivity index (χ1) is 15.5. The number of pyridine rings is 2. The molecule has 3 atom stereocenters. The van der Waals surface area contributed by atoms with E-state index in [4.69, 9.17) is 4.74 Å². The van der Waals surface area contributed by atoms with Gasteiger partial charge < -0.3 is 25.8 Å². The molecule has 2 unspecified atom stereocenters. The Morgan fingerprint density at radius 2 is 2.06 bits per heavy atom. The quantitative estimate of drug-likeness (QED) is 0.439.